The number of aliphatic hydroxyl groups is 1. The molecule has 1 heterocycles. The molecule has 1 aromatic rings. The third-order valence-corrected chi connectivity index (χ3v) is 2.41. The highest BCUT2D eigenvalue weighted by Crippen LogP contribution is 2.15. The Balaban J connectivity index is 2.00. The van der Waals surface area contributed by atoms with E-state index in [1.807, 2.05) is 24.3 Å². The van der Waals surface area contributed by atoms with Crippen LogP contribution in [0.3, 0.4) is 0 Å². The number of anilines is 1. The molecule has 0 radical (unpaired) electrons. The third kappa shape index (κ3) is 2.25. The van der Waals surface area contributed by atoms with E-state index in [1.54, 1.807) is 0 Å². The lowest BCUT2D eigenvalue weighted by atomic mass is 10.2. The molecule has 1 fully saturated rings. The molecule has 76 valence electrons. The molecule has 1 saturated heterocycles. The quantitative estimate of drug-likeness (QED) is 0.762. The lowest BCUT2D eigenvalue weighted by Crippen LogP contribution is -2.18. The SMILES string of the molecule is OCc1cccc(NC2CCOC2)c1. The predicted octanol–water partition coefficient (Wildman–Crippen LogP) is 1.38. The number of benzene rings is 1. The average Bonchev–Trinajstić information content (AvgIpc) is 2.71. The van der Waals surface area contributed by atoms with Gasteiger partial charge in [0.05, 0.1) is 19.3 Å². The Labute approximate surface area is 83.7 Å². The highest BCUT2D eigenvalue weighted by atomic mass is 16.5. The Kier molecular flexibility index (Phi) is 3.01. The van der Waals surface area contributed by atoms with Crippen molar-refractivity contribution >= 4 is 5.69 Å². The van der Waals surface area contributed by atoms with Crippen molar-refractivity contribution in [3.05, 3.63) is 29.8 Å². The van der Waals surface area contributed by atoms with E-state index in [2.05, 4.69) is 5.32 Å². The van der Waals surface area contributed by atoms with Gasteiger partial charge in [0.2, 0.25) is 0 Å². The van der Waals surface area contributed by atoms with Crippen LogP contribution in [0.15, 0.2) is 24.3 Å². The number of hydrogen-bond donors (Lipinski definition) is 2. The summed E-state index contributed by atoms with van der Waals surface area (Å²) in [4.78, 5) is 0. The number of hydrogen-bond acceptors (Lipinski definition) is 3. The first-order chi connectivity index (χ1) is 6.88. The fourth-order valence-electron chi connectivity index (χ4n) is 1.64. The second kappa shape index (κ2) is 4.44. The lowest BCUT2D eigenvalue weighted by molar-refractivity contribution is 0.195. The van der Waals surface area contributed by atoms with Crippen molar-refractivity contribution in [1.82, 2.24) is 0 Å². The van der Waals surface area contributed by atoms with Crippen molar-refractivity contribution in [2.24, 2.45) is 0 Å². The molecule has 3 nitrogen and oxygen atoms in total. The third-order valence-electron chi connectivity index (χ3n) is 2.41. The molecule has 0 bridgehead atoms. The molecule has 1 aliphatic heterocycles. The van der Waals surface area contributed by atoms with Crippen LogP contribution in [0.25, 0.3) is 0 Å². The average molecular weight is 193 g/mol. The first kappa shape index (κ1) is 9.49. The molecule has 1 unspecified atom stereocenters. The summed E-state index contributed by atoms with van der Waals surface area (Å²) < 4.78 is 5.27. The highest BCUT2D eigenvalue weighted by molar-refractivity contribution is 5.46. The zero-order valence-electron chi connectivity index (χ0n) is 8.07. The lowest BCUT2D eigenvalue weighted by Gasteiger charge is -2.12. The highest BCUT2D eigenvalue weighted by Gasteiger charge is 2.14. The number of aliphatic hydroxyl groups excluding tert-OH is 1. The van der Waals surface area contributed by atoms with Gasteiger partial charge in [0.1, 0.15) is 0 Å². The van der Waals surface area contributed by atoms with Gasteiger partial charge in [-0.15, -0.1) is 0 Å². The molecular formula is C11H15NO2. The number of rotatable bonds is 3. The van der Waals surface area contributed by atoms with E-state index in [4.69, 9.17) is 9.84 Å². The summed E-state index contributed by atoms with van der Waals surface area (Å²) in [6.45, 7) is 1.72. The summed E-state index contributed by atoms with van der Waals surface area (Å²) in [7, 11) is 0. The molecular weight excluding hydrogens is 178 g/mol. The van der Waals surface area contributed by atoms with Crippen molar-refractivity contribution in [1.29, 1.82) is 0 Å². The van der Waals surface area contributed by atoms with Crippen LogP contribution in [0, 0.1) is 0 Å². The predicted molar refractivity (Wildman–Crippen MR) is 55.2 cm³/mol. The zero-order valence-corrected chi connectivity index (χ0v) is 8.07. The molecule has 0 aliphatic carbocycles. The van der Waals surface area contributed by atoms with E-state index < -0.39 is 0 Å². The van der Waals surface area contributed by atoms with Gasteiger partial charge in [0.25, 0.3) is 0 Å². The Bertz CT molecular complexity index is 295. The molecule has 14 heavy (non-hydrogen) atoms. The van der Waals surface area contributed by atoms with E-state index >= 15 is 0 Å². The van der Waals surface area contributed by atoms with Crippen LogP contribution < -0.4 is 5.32 Å². The minimum Gasteiger partial charge on any atom is -0.392 e. The molecule has 0 aromatic heterocycles. The van der Waals surface area contributed by atoms with Crippen molar-refractivity contribution < 1.29 is 9.84 Å². The molecule has 1 aromatic carbocycles. The summed E-state index contributed by atoms with van der Waals surface area (Å²) in [6, 6.07) is 8.26. The van der Waals surface area contributed by atoms with Crippen LogP contribution in [0.4, 0.5) is 5.69 Å². The molecule has 2 N–H and O–H groups in total. The summed E-state index contributed by atoms with van der Waals surface area (Å²) in [6.07, 6.45) is 1.06. The van der Waals surface area contributed by atoms with Crippen molar-refractivity contribution in [3.8, 4) is 0 Å². The molecule has 3 heteroatoms. The fraction of sp³-hybridized carbons (Fsp3) is 0.455. The van der Waals surface area contributed by atoms with E-state index in [0.717, 1.165) is 30.9 Å². The van der Waals surface area contributed by atoms with Crippen LogP contribution in [-0.2, 0) is 11.3 Å². The zero-order chi connectivity index (χ0) is 9.80. The van der Waals surface area contributed by atoms with Gasteiger partial charge in [-0.3, -0.25) is 0 Å². The van der Waals surface area contributed by atoms with Gasteiger partial charge < -0.3 is 15.2 Å². The fourth-order valence-corrected chi connectivity index (χ4v) is 1.64. The maximum absolute atomic E-state index is 8.97. The van der Waals surface area contributed by atoms with Gasteiger partial charge >= 0.3 is 0 Å². The Morgan fingerprint density at radius 1 is 1.50 bits per heavy atom. The standard InChI is InChI=1S/C11H15NO2/c13-7-9-2-1-3-10(6-9)12-11-4-5-14-8-11/h1-3,6,11-13H,4-5,7-8H2. The van der Waals surface area contributed by atoms with Crippen molar-refractivity contribution in [2.45, 2.75) is 19.1 Å². The van der Waals surface area contributed by atoms with Crippen LogP contribution in [0.5, 0.6) is 0 Å². The minimum atomic E-state index is 0.0939. The monoisotopic (exact) mass is 193 g/mol. The Morgan fingerprint density at radius 2 is 2.43 bits per heavy atom. The minimum absolute atomic E-state index is 0.0939. The van der Waals surface area contributed by atoms with Crippen molar-refractivity contribution in [3.63, 3.8) is 0 Å². The summed E-state index contributed by atoms with van der Waals surface area (Å²) in [5.41, 5.74) is 2.00. The normalized spacial score (nSPS) is 21.1. The topological polar surface area (TPSA) is 41.5 Å². The van der Waals surface area contributed by atoms with E-state index in [0.29, 0.717) is 6.04 Å². The largest absolute Gasteiger partial charge is 0.392 e. The Morgan fingerprint density at radius 3 is 3.14 bits per heavy atom. The molecule has 0 amide bonds. The van der Waals surface area contributed by atoms with E-state index in [-0.39, 0.29) is 6.61 Å². The van der Waals surface area contributed by atoms with Gasteiger partial charge in [-0.25, -0.2) is 0 Å². The maximum Gasteiger partial charge on any atom is 0.0682 e. The molecule has 0 saturated carbocycles. The summed E-state index contributed by atoms with van der Waals surface area (Å²) in [5.74, 6) is 0. The van der Waals surface area contributed by atoms with Crippen LogP contribution in [0.2, 0.25) is 0 Å². The van der Waals surface area contributed by atoms with E-state index in [1.165, 1.54) is 0 Å². The molecule has 1 aliphatic rings. The first-order valence-electron chi connectivity index (χ1n) is 4.92. The van der Waals surface area contributed by atoms with E-state index in [9.17, 15) is 0 Å². The number of nitrogens with one attached hydrogen (secondary N) is 1. The van der Waals surface area contributed by atoms with Gasteiger partial charge in [0.15, 0.2) is 0 Å². The smallest absolute Gasteiger partial charge is 0.0682 e. The first-order valence-corrected chi connectivity index (χ1v) is 4.92. The van der Waals surface area contributed by atoms with Gasteiger partial charge in [-0.05, 0) is 24.1 Å². The molecule has 1 atom stereocenters. The number of ether oxygens (including phenoxy) is 1. The molecule has 2 rings (SSSR count). The van der Waals surface area contributed by atoms with Crippen LogP contribution >= 0.6 is 0 Å². The summed E-state index contributed by atoms with van der Waals surface area (Å²) >= 11 is 0. The van der Waals surface area contributed by atoms with Crippen molar-refractivity contribution in [2.75, 3.05) is 18.5 Å². The van der Waals surface area contributed by atoms with Crippen LogP contribution in [0.1, 0.15) is 12.0 Å². The second-order valence-electron chi connectivity index (χ2n) is 3.56. The molecule has 0 spiro atoms. The van der Waals surface area contributed by atoms with Crippen LogP contribution in [-0.4, -0.2) is 24.4 Å². The van der Waals surface area contributed by atoms with Gasteiger partial charge in [0, 0.05) is 12.3 Å². The Hall–Kier alpha value is -1.06. The maximum atomic E-state index is 8.97. The second-order valence-corrected chi connectivity index (χ2v) is 3.56. The summed E-state index contributed by atoms with van der Waals surface area (Å²) in [5, 5.41) is 12.3. The van der Waals surface area contributed by atoms with Gasteiger partial charge in [-0.2, -0.15) is 0 Å². The van der Waals surface area contributed by atoms with Gasteiger partial charge in [-0.1, -0.05) is 12.1 Å².